The summed E-state index contributed by atoms with van der Waals surface area (Å²) in [5.41, 5.74) is 1.45. The predicted molar refractivity (Wildman–Crippen MR) is 87.1 cm³/mol. The molecule has 0 unspecified atom stereocenters. The quantitative estimate of drug-likeness (QED) is 0.615. The van der Waals surface area contributed by atoms with Crippen molar-refractivity contribution in [1.29, 1.82) is 0 Å². The summed E-state index contributed by atoms with van der Waals surface area (Å²) >= 11 is 5.38. The van der Waals surface area contributed by atoms with Crippen LogP contribution in [0.15, 0.2) is 15.2 Å². The van der Waals surface area contributed by atoms with E-state index in [1.165, 1.54) is 28.2 Å². The zero-order valence-corrected chi connectivity index (χ0v) is 15.9. The summed E-state index contributed by atoms with van der Waals surface area (Å²) in [6.45, 7) is 11.6. The first-order valence-corrected chi connectivity index (χ1v) is 14.3. The molecule has 0 bridgehead atoms. The Morgan fingerprint density at radius 1 is 1.24 bits per heavy atom. The number of rotatable bonds is 6. The second-order valence-corrected chi connectivity index (χ2v) is 17.3. The van der Waals surface area contributed by atoms with Crippen LogP contribution in [0.1, 0.15) is 12.0 Å². The summed E-state index contributed by atoms with van der Waals surface area (Å²) in [5.74, 6) is 0. The second kappa shape index (κ2) is 6.15. The maximum Gasteiger partial charge on any atom is 0.173 e. The number of aryl methyl sites for hydroxylation is 1. The molecule has 0 aliphatic rings. The lowest BCUT2D eigenvalue weighted by atomic mass is 10.2. The van der Waals surface area contributed by atoms with Gasteiger partial charge in [0, 0.05) is 0 Å². The minimum Gasteiger partial charge on any atom is -0.456 e. The maximum absolute atomic E-state index is 6.34. The van der Waals surface area contributed by atoms with E-state index in [1.54, 1.807) is 11.3 Å². The van der Waals surface area contributed by atoms with Crippen LogP contribution < -0.4 is 0 Å². The normalized spacial score (nSPS) is 13.1. The first-order chi connectivity index (χ1) is 7.70. The number of halogens is 1. The SMILES string of the molecule is C[Si](C)(C)O[Si](C)(C)CCCc1ccsc1Br. The number of hydrogen-bond acceptors (Lipinski definition) is 2. The Hall–Kier alpha value is 0.574. The van der Waals surface area contributed by atoms with Gasteiger partial charge in [-0.2, -0.15) is 0 Å². The third kappa shape index (κ3) is 6.33. The van der Waals surface area contributed by atoms with Gasteiger partial charge in [0.05, 0.1) is 3.79 Å². The molecule has 5 heteroatoms. The summed E-state index contributed by atoms with van der Waals surface area (Å²) in [6, 6.07) is 3.49. The minimum absolute atomic E-state index is 1.18. The highest BCUT2D eigenvalue weighted by atomic mass is 79.9. The van der Waals surface area contributed by atoms with Crippen molar-refractivity contribution in [2.24, 2.45) is 0 Å². The Labute approximate surface area is 120 Å². The van der Waals surface area contributed by atoms with Gasteiger partial charge in [-0.25, -0.2) is 0 Å². The summed E-state index contributed by atoms with van der Waals surface area (Å²) < 4.78 is 7.64. The first kappa shape index (κ1) is 15.6. The van der Waals surface area contributed by atoms with Crippen LogP contribution in [0, 0.1) is 0 Å². The molecule has 0 saturated carbocycles. The molecule has 0 atom stereocenters. The second-order valence-electron chi connectivity index (χ2n) is 6.05. The zero-order chi connectivity index (χ0) is 13.1. The lowest BCUT2D eigenvalue weighted by Gasteiger charge is -2.31. The van der Waals surface area contributed by atoms with E-state index in [0.717, 1.165) is 0 Å². The smallest absolute Gasteiger partial charge is 0.173 e. The topological polar surface area (TPSA) is 9.23 Å². The molecular weight excluding hydrogens is 328 g/mol. The van der Waals surface area contributed by atoms with Crippen LogP contribution in [0.4, 0.5) is 0 Å². The minimum atomic E-state index is -1.44. The molecule has 0 fully saturated rings. The van der Waals surface area contributed by atoms with E-state index in [4.69, 9.17) is 4.12 Å². The third-order valence-corrected chi connectivity index (χ3v) is 10.5. The van der Waals surface area contributed by atoms with E-state index in [1.807, 2.05) is 0 Å². The van der Waals surface area contributed by atoms with Crippen molar-refractivity contribution in [3.05, 3.63) is 20.8 Å². The van der Waals surface area contributed by atoms with Crippen molar-refractivity contribution in [2.75, 3.05) is 0 Å². The highest BCUT2D eigenvalue weighted by molar-refractivity contribution is 9.11. The van der Waals surface area contributed by atoms with Crippen molar-refractivity contribution in [3.63, 3.8) is 0 Å². The Morgan fingerprint density at radius 2 is 1.88 bits per heavy atom. The summed E-state index contributed by atoms with van der Waals surface area (Å²) in [5, 5.41) is 2.15. The van der Waals surface area contributed by atoms with Gasteiger partial charge in [-0.05, 0) is 84.6 Å². The van der Waals surface area contributed by atoms with Crippen molar-refractivity contribution < 1.29 is 4.12 Å². The monoisotopic (exact) mass is 350 g/mol. The summed E-state index contributed by atoms with van der Waals surface area (Å²) in [6.07, 6.45) is 2.43. The molecule has 0 aliphatic carbocycles. The average molecular weight is 351 g/mol. The molecule has 0 N–H and O–H groups in total. The molecule has 0 aromatic carbocycles. The molecule has 0 saturated heterocycles. The van der Waals surface area contributed by atoms with Gasteiger partial charge in [0.1, 0.15) is 0 Å². The van der Waals surface area contributed by atoms with Crippen LogP contribution in [0.5, 0.6) is 0 Å². The fraction of sp³-hybridized carbons (Fsp3) is 0.667. The van der Waals surface area contributed by atoms with Crippen molar-refractivity contribution in [1.82, 2.24) is 0 Å². The van der Waals surface area contributed by atoms with E-state index in [9.17, 15) is 0 Å². The first-order valence-electron chi connectivity index (χ1n) is 6.12. The van der Waals surface area contributed by atoms with Crippen LogP contribution in [0.3, 0.4) is 0 Å². The van der Waals surface area contributed by atoms with E-state index in [0.29, 0.717) is 0 Å². The molecule has 0 aliphatic heterocycles. The fourth-order valence-electron chi connectivity index (χ4n) is 2.08. The molecule has 0 spiro atoms. The van der Waals surface area contributed by atoms with E-state index in [-0.39, 0.29) is 0 Å². The molecule has 17 heavy (non-hydrogen) atoms. The van der Waals surface area contributed by atoms with Gasteiger partial charge < -0.3 is 4.12 Å². The molecule has 0 radical (unpaired) electrons. The highest BCUT2D eigenvalue weighted by Crippen LogP contribution is 2.27. The van der Waals surface area contributed by atoms with Crippen LogP contribution in [0.2, 0.25) is 38.8 Å². The Bertz CT molecular complexity index is 358. The van der Waals surface area contributed by atoms with E-state index in [2.05, 4.69) is 60.1 Å². The molecule has 1 aromatic heterocycles. The Morgan fingerprint density at radius 3 is 2.35 bits per heavy atom. The van der Waals surface area contributed by atoms with Crippen molar-refractivity contribution in [2.45, 2.75) is 51.6 Å². The van der Waals surface area contributed by atoms with Crippen LogP contribution in [-0.4, -0.2) is 16.6 Å². The van der Waals surface area contributed by atoms with Gasteiger partial charge in [0.2, 0.25) is 0 Å². The molecule has 1 nitrogen and oxygen atoms in total. The molecule has 0 amide bonds. The Kier molecular flexibility index (Phi) is 5.65. The van der Waals surface area contributed by atoms with Gasteiger partial charge in [-0.3, -0.25) is 0 Å². The third-order valence-electron chi connectivity index (χ3n) is 2.50. The highest BCUT2D eigenvalue weighted by Gasteiger charge is 2.28. The van der Waals surface area contributed by atoms with Crippen molar-refractivity contribution in [3.8, 4) is 0 Å². The molecule has 1 aromatic rings. The standard InChI is InChI=1S/C12H23BrOSSi2/c1-16(2,3)14-17(4,5)10-6-7-11-8-9-15-12(11)13/h8-9H,6-7,10H2,1-5H3. The van der Waals surface area contributed by atoms with E-state index >= 15 is 0 Å². The van der Waals surface area contributed by atoms with Gasteiger partial charge in [-0.15, -0.1) is 11.3 Å². The van der Waals surface area contributed by atoms with Gasteiger partial charge in [-0.1, -0.05) is 0 Å². The van der Waals surface area contributed by atoms with E-state index < -0.39 is 16.6 Å². The van der Waals surface area contributed by atoms with Gasteiger partial charge >= 0.3 is 0 Å². The number of thiophene rings is 1. The largest absolute Gasteiger partial charge is 0.456 e. The van der Waals surface area contributed by atoms with Crippen LogP contribution >= 0.6 is 27.3 Å². The Balaban J connectivity index is 2.38. The predicted octanol–water partition coefficient (Wildman–Crippen LogP) is 5.50. The number of hydrogen-bond donors (Lipinski definition) is 0. The lowest BCUT2D eigenvalue weighted by Crippen LogP contribution is -2.42. The molecule has 98 valence electrons. The molecule has 1 heterocycles. The average Bonchev–Trinajstić information content (AvgIpc) is 2.47. The molecule has 1 rings (SSSR count). The van der Waals surface area contributed by atoms with Crippen molar-refractivity contribution >= 4 is 43.9 Å². The summed E-state index contributed by atoms with van der Waals surface area (Å²) in [4.78, 5) is 0. The van der Waals surface area contributed by atoms with Gasteiger partial charge in [0.15, 0.2) is 16.6 Å². The van der Waals surface area contributed by atoms with Gasteiger partial charge in [0.25, 0.3) is 0 Å². The lowest BCUT2D eigenvalue weighted by molar-refractivity contribution is 0.544. The maximum atomic E-state index is 6.34. The molecular formula is C12H23BrOSSi2. The fourth-order valence-corrected chi connectivity index (χ4v) is 11.5. The summed E-state index contributed by atoms with van der Waals surface area (Å²) in [7, 11) is -2.80. The zero-order valence-electron chi connectivity index (χ0n) is 11.5. The van der Waals surface area contributed by atoms with Crippen LogP contribution in [-0.2, 0) is 10.5 Å². The van der Waals surface area contributed by atoms with Crippen LogP contribution in [0.25, 0.3) is 0 Å².